The molecule has 0 fully saturated rings. The van der Waals surface area contributed by atoms with E-state index in [0.717, 1.165) is 0 Å². The van der Waals surface area contributed by atoms with Crippen LogP contribution in [0.4, 0.5) is 0 Å². The largest absolute Gasteiger partial charge is 0.481 e. The molecule has 0 aromatic heterocycles. The van der Waals surface area contributed by atoms with Gasteiger partial charge in [-0.25, -0.2) is 4.79 Å². The summed E-state index contributed by atoms with van der Waals surface area (Å²) in [5, 5.41) is 27.2. The summed E-state index contributed by atoms with van der Waals surface area (Å²) in [7, 11) is 0. The zero-order valence-corrected chi connectivity index (χ0v) is 9.51. The molecule has 0 aromatic carbocycles. The minimum absolute atomic E-state index is 0.411. The second-order valence-electron chi connectivity index (χ2n) is 3.74. The highest BCUT2D eigenvalue weighted by Gasteiger charge is 2.45. The quantitative estimate of drug-likeness (QED) is 0.570. The minimum atomic E-state index is -1.92. The van der Waals surface area contributed by atoms with Crippen molar-refractivity contribution in [3.8, 4) is 0 Å². The lowest BCUT2D eigenvalue weighted by atomic mass is 9.69. The molecule has 92 valence electrons. The zero-order chi connectivity index (χ0) is 12.9. The Hall–Kier alpha value is -1.36. The molecule has 16 heavy (non-hydrogen) atoms. The van der Waals surface area contributed by atoms with Gasteiger partial charge in [0.25, 0.3) is 0 Å². The molecule has 5 nitrogen and oxygen atoms in total. The van der Waals surface area contributed by atoms with Crippen molar-refractivity contribution in [1.82, 2.24) is 0 Å². The number of hydrogen-bond donors (Lipinski definition) is 3. The number of carbonyl (C=O) groups is 2. The summed E-state index contributed by atoms with van der Waals surface area (Å²) in [6.07, 6.45) is 0.330. The molecule has 0 saturated carbocycles. The summed E-state index contributed by atoms with van der Waals surface area (Å²) >= 11 is 0. The van der Waals surface area contributed by atoms with E-state index in [2.05, 4.69) is 6.58 Å². The van der Waals surface area contributed by atoms with Crippen molar-refractivity contribution in [2.75, 3.05) is 0 Å². The average Bonchev–Trinajstić information content (AvgIpc) is 2.24. The van der Waals surface area contributed by atoms with E-state index in [1.54, 1.807) is 13.8 Å². The van der Waals surface area contributed by atoms with E-state index in [1.165, 1.54) is 6.08 Å². The van der Waals surface area contributed by atoms with Gasteiger partial charge in [0.05, 0.1) is 0 Å². The van der Waals surface area contributed by atoms with Crippen LogP contribution in [0.5, 0.6) is 0 Å². The molecule has 0 aliphatic rings. The van der Waals surface area contributed by atoms with Crippen molar-refractivity contribution in [2.24, 2.45) is 11.3 Å². The molecular formula is C11H18O5. The van der Waals surface area contributed by atoms with Crippen LogP contribution in [0, 0.1) is 11.3 Å². The second kappa shape index (κ2) is 5.65. The lowest BCUT2D eigenvalue weighted by Crippen LogP contribution is -2.45. The van der Waals surface area contributed by atoms with Crippen molar-refractivity contribution in [3.63, 3.8) is 0 Å². The summed E-state index contributed by atoms with van der Waals surface area (Å²) in [5.41, 5.74) is -0.899. The Morgan fingerprint density at radius 1 is 1.25 bits per heavy atom. The van der Waals surface area contributed by atoms with Crippen molar-refractivity contribution >= 4 is 11.9 Å². The molecule has 0 saturated heterocycles. The van der Waals surface area contributed by atoms with Gasteiger partial charge in [0.15, 0.2) is 6.10 Å². The first-order valence-electron chi connectivity index (χ1n) is 5.13. The third-order valence-corrected chi connectivity index (χ3v) is 3.18. The van der Waals surface area contributed by atoms with Gasteiger partial charge in [0, 0.05) is 5.41 Å². The first-order valence-corrected chi connectivity index (χ1v) is 5.13. The number of allylic oxidation sites excluding steroid dienone is 1. The molecular weight excluding hydrogens is 212 g/mol. The van der Waals surface area contributed by atoms with E-state index in [4.69, 9.17) is 10.2 Å². The molecule has 0 bridgehead atoms. The zero-order valence-electron chi connectivity index (χ0n) is 9.51. The van der Waals surface area contributed by atoms with Gasteiger partial charge in [0.1, 0.15) is 5.92 Å². The number of aliphatic hydroxyl groups excluding tert-OH is 1. The van der Waals surface area contributed by atoms with E-state index in [0.29, 0.717) is 12.8 Å². The molecule has 0 amide bonds. The first kappa shape index (κ1) is 14.6. The number of carboxylic acid groups (broad SMARTS) is 2. The maximum Gasteiger partial charge on any atom is 0.333 e. The van der Waals surface area contributed by atoms with Gasteiger partial charge in [-0.05, 0) is 12.8 Å². The molecule has 0 heterocycles. The van der Waals surface area contributed by atoms with E-state index in [1.807, 2.05) is 0 Å². The van der Waals surface area contributed by atoms with Gasteiger partial charge < -0.3 is 15.3 Å². The summed E-state index contributed by atoms with van der Waals surface area (Å²) < 4.78 is 0. The van der Waals surface area contributed by atoms with Crippen LogP contribution >= 0.6 is 0 Å². The molecule has 0 unspecified atom stereocenters. The van der Waals surface area contributed by atoms with Gasteiger partial charge in [-0.3, -0.25) is 4.79 Å². The summed E-state index contributed by atoms with van der Waals surface area (Å²) in [6, 6.07) is 0. The predicted octanol–water partition coefficient (Wildman–Crippen LogP) is 1.13. The maximum atomic E-state index is 11.1. The van der Waals surface area contributed by atoms with Gasteiger partial charge in [-0.2, -0.15) is 0 Å². The Morgan fingerprint density at radius 3 is 1.88 bits per heavy atom. The van der Waals surface area contributed by atoms with E-state index in [9.17, 15) is 14.7 Å². The van der Waals surface area contributed by atoms with Gasteiger partial charge in [-0.15, -0.1) is 6.58 Å². The number of rotatable bonds is 7. The van der Waals surface area contributed by atoms with Crippen LogP contribution in [-0.4, -0.2) is 33.4 Å². The average molecular weight is 230 g/mol. The monoisotopic (exact) mass is 230 g/mol. The molecule has 2 atom stereocenters. The Bertz CT molecular complexity index is 280. The fraction of sp³-hybridized carbons (Fsp3) is 0.636. The molecule has 0 aliphatic heterocycles. The molecule has 0 spiro atoms. The van der Waals surface area contributed by atoms with Crippen molar-refractivity contribution < 1.29 is 24.9 Å². The lowest BCUT2D eigenvalue weighted by Gasteiger charge is -2.35. The SMILES string of the molecule is C=CC(CC)(CC)[C@@H](C(=O)O)[C@H](O)C(=O)O. The standard InChI is InChI=1S/C11H18O5/c1-4-11(5-2,6-3)7(9(13)14)8(12)10(15)16/h4,7-8,12H,1,5-6H2,2-3H3,(H,13,14)(H,15,16)/t7-,8+/m1/s1. The van der Waals surface area contributed by atoms with Crippen molar-refractivity contribution in [2.45, 2.75) is 32.8 Å². The fourth-order valence-electron chi connectivity index (χ4n) is 1.94. The number of carboxylic acids is 2. The Labute approximate surface area is 94.4 Å². The molecule has 0 aromatic rings. The van der Waals surface area contributed by atoms with Gasteiger partial charge >= 0.3 is 11.9 Å². The fourth-order valence-corrected chi connectivity index (χ4v) is 1.94. The first-order chi connectivity index (χ1) is 7.36. The normalized spacial score (nSPS) is 15.2. The van der Waals surface area contributed by atoms with Crippen LogP contribution < -0.4 is 0 Å². The third kappa shape index (κ3) is 2.61. The number of aliphatic hydroxyl groups is 1. The smallest absolute Gasteiger partial charge is 0.333 e. The van der Waals surface area contributed by atoms with Gasteiger partial charge in [0.2, 0.25) is 0 Å². The van der Waals surface area contributed by atoms with E-state index >= 15 is 0 Å². The van der Waals surface area contributed by atoms with Gasteiger partial charge in [-0.1, -0.05) is 19.9 Å². The van der Waals surface area contributed by atoms with Crippen LogP contribution in [0.2, 0.25) is 0 Å². The Kier molecular flexibility index (Phi) is 5.17. The maximum absolute atomic E-state index is 11.1. The highest BCUT2D eigenvalue weighted by Crippen LogP contribution is 2.38. The summed E-state index contributed by atoms with van der Waals surface area (Å²) in [5.74, 6) is -4.23. The molecule has 3 N–H and O–H groups in total. The Balaban J connectivity index is 5.40. The van der Waals surface area contributed by atoms with Crippen LogP contribution in [0.25, 0.3) is 0 Å². The minimum Gasteiger partial charge on any atom is -0.481 e. The van der Waals surface area contributed by atoms with Crippen molar-refractivity contribution in [3.05, 3.63) is 12.7 Å². The van der Waals surface area contributed by atoms with Crippen LogP contribution in [0.1, 0.15) is 26.7 Å². The summed E-state index contributed by atoms with van der Waals surface area (Å²) in [4.78, 5) is 21.8. The van der Waals surface area contributed by atoms with Crippen LogP contribution in [0.15, 0.2) is 12.7 Å². The number of aliphatic carboxylic acids is 2. The lowest BCUT2D eigenvalue weighted by molar-refractivity contribution is -0.165. The topological polar surface area (TPSA) is 94.8 Å². The number of hydrogen-bond acceptors (Lipinski definition) is 3. The highest BCUT2D eigenvalue weighted by molar-refractivity contribution is 5.82. The molecule has 0 rings (SSSR count). The van der Waals surface area contributed by atoms with Crippen LogP contribution in [0.3, 0.4) is 0 Å². The second-order valence-corrected chi connectivity index (χ2v) is 3.74. The molecule has 0 aliphatic carbocycles. The van der Waals surface area contributed by atoms with Crippen molar-refractivity contribution in [1.29, 1.82) is 0 Å². The highest BCUT2D eigenvalue weighted by atomic mass is 16.4. The third-order valence-electron chi connectivity index (χ3n) is 3.18. The van der Waals surface area contributed by atoms with E-state index in [-0.39, 0.29) is 0 Å². The van der Waals surface area contributed by atoms with Crippen LogP contribution in [-0.2, 0) is 9.59 Å². The molecule has 0 radical (unpaired) electrons. The molecule has 5 heteroatoms. The Morgan fingerprint density at radius 2 is 1.69 bits per heavy atom. The summed E-state index contributed by atoms with van der Waals surface area (Å²) in [6.45, 7) is 7.04. The predicted molar refractivity (Wildman–Crippen MR) is 58.0 cm³/mol. The van der Waals surface area contributed by atoms with E-state index < -0.39 is 29.4 Å².